The van der Waals surface area contributed by atoms with E-state index in [4.69, 9.17) is 11.0 Å². The molecule has 0 unspecified atom stereocenters. The topological polar surface area (TPSA) is 127 Å². The molecule has 138 valence electrons. The fraction of sp³-hybridized carbons (Fsp3) is 0.105. The van der Waals surface area contributed by atoms with Gasteiger partial charge in [-0.05, 0) is 35.4 Å². The van der Waals surface area contributed by atoms with Gasteiger partial charge in [-0.2, -0.15) is 15.3 Å². The first kappa shape index (κ1) is 17.2. The third kappa shape index (κ3) is 3.66. The van der Waals surface area contributed by atoms with Gasteiger partial charge in [-0.3, -0.25) is 9.48 Å². The van der Waals surface area contributed by atoms with Gasteiger partial charge in [0, 0.05) is 23.6 Å². The van der Waals surface area contributed by atoms with E-state index in [2.05, 4.69) is 26.6 Å². The highest BCUT2D eigenvalue weighted by Crippen LogP contribution is 2.20. The van der Waals surface area contributed by atoms with Gasteiger partial charge in [0.15, 0.2) is 5.65 Å². The van der Waals surface area contributed by atoms with Crippen molar-refractivity contribution in [3.63, 3.8) is 0 Å². The highest BCUT2D eigenvalue weighted by atomic mass is 16.2. The maximum absolute atomic E-state index is 12.3. The average molecular weight is 372 g/mol. The minimum atomic E-state index is -0.191. The summed E-state index contributed by atoms with van der Waals surface area (Å²) in [6.07, 6.45) is 5.60. The Bertz CT molecular complexity index is 1180. The van der Waals surface area contributed by atoms with Crippen LogP contribution in [0.4, 0.5) is 11.6 Å². The Labute approximate surface area is 160 Å². The summed E-state index contributed by atoms with van der Waals surface area (Å²) in [7, 11) is 0. The molecule has 0 saturated heterocycles. The van der Waals surface area contributed by atoms with Crippen LogP contribution in [0.25, 0.3) is 16.8 Å². The van der Waals surface area contributed by atoms with Crippen LogP contribution >= 0.6 is 0 Å². The number of nitriles is 1. The molecule has 0 aliphatic heterocycles. The van der Waals surface area contributed by atoms with Crippen LogP contribution in [0.3, 0.4) is 0 Å². The van der Waals surface area contributed by atoms with E-state index in [1.807, 2.05) is 24.3 Å². The molecular weight excluding hydrogens is 356 g/mol. The van der Waals surface area contributed by atoms with Crippen molar-refractivity contribution in [3.05, 3.63) is 60.6 Å². The number of nitrogens with two attached hydrogens (primary N) is 1. The number of hydrogen-bond acceptors (Lipinski definition) is 6. The lowest BCUT2D eigenvalue weighted by Gasteiger charge is -2.06. The Hall–Kier alpha value is -4.19. The summed E-state index contributed by atoms with van der Waals surface area (Å²) in [4.78, 5) is 16.4. The van der Waals surface area contributed by atoms with E-state index in [1.165, 1.54) is 0 Å². The Balaban J connectivity index is 1.43. The van der Waals surface area contributed by atoms with Crippen LogP contribution < -0.4 is 11.1 Å². The number of aromatic nitrogens is 5. The van der Waals surface area contributed by atoms with E-state index in [0.29, 0.717) is 17.8 Å². The third-order valence-electron chi connectivity index (χ3n) is 4.15. The number of pyridine rings is 1. The molecule has 28 heavy (non-hydrogen) atoms. The zero-order valence-electron chi connectivity index (χ0n) is 14.8. The first-order valence-corrected chi connectivity index (χ1v) is 8.51. The Morgan fingerprint density at radius 2 is 2.04 bits per heavy atom. The second-order valence-corrected chi connectivity index (χ2v) is 6.19. The van der Waals surface area contributed by atoms with Crippen molar-refractivity contribution in [3.8, 4) is 17.2 Å². The van der Waals surface area contributed by atoms with Crippen molar-refractivity contribution in [2.24, 2.45) is 0 Å². The first-order valence-electron chi connectivity index (χ1n) is 8.51. The quantitative estimate of drug-likeness (QED) is 0.551. The van der Waals surface area contributed by atoms with Gasteiger partial charge < -0.3 is 11.1 Å². The van der Waals surface area contributed by atoms with E-state index in [1.54, 1.807) is 39.9 Å². The lowest BCUT2D eigenvalue weighted by atomic mass is 10.1. The van der Waals surface area contributed by atoms with E-state index >= 15 is 0 Å². The highest BCUT2D eigenvalue weighted by Gasteiger charge is 2.09. The second kappa shape index (κ2) is 7.20. The number of benzene rings is 1. The predicted molar refractivity (Wildman–Crippen MR) is 103 cm³/mol. The summed E-state index contributed by atoms with van der Waals surface area (Å²) in [5, 5.41) is 19.8. The zero-order valence-corrected chi connectivity index (χ0v) is 14.8. The predicted octanol–water partition coefficient (Wildman–Crippen LogP) is 1.88. The fourth-order valence-corrected chi connectivity index (χ4v) is 2.82. The molecule has 1 aromatic carbocycles. The van der Waals surface area contributed by atoms with E-state index < -0.39 is 0 Å². The van der Waals surface area contributed by atoms with E-state index in [9.17, 15) is 4.79 Å². The van der Waals surface area contributed by atoms with Gasteiger partial charge in [-0.1, -0.05) is 12.1 Å². The number of nitrogens with one attached hydrogen (secondary N) is 1. The van der Waals surface area contributed by atoms with Crippen molar-refractivity contribution in [1.29, 1.82) is 5.26 Å². The second-order valence-electron chi connectivity index (χ2n) is 6.19. The molecule has 0 aliphatic carbocycles. The van der Waals surface area contributed by atoms with Crippen LogP contribution in [-0.2, 0) is 17.8 Å². The molecule has 3 aromatic heterocycles. The molecule has 0 atom stereocenters. The van der Waals surface area contributed by atoms with Crippen LogP contribution in [0.1, 0.15) is 5.56 Å². The van der Waals surface area contributed by atoms with Gasteiger partial charge in [-0.25, -0.2) is 4.52 Å². The van der Waals surface area contributed by atoms with Crippen LogP contribution in [0.15, 0.2) is 55.0 Å². The van der Waals surface area contributed by atoms with Gasteiger partial charge in [0.1, 0.15) is 6.54 Å². The summed E-state index contributed by atoms with van der Waals surface area (Å²) < 4.78 is 3.16. The molecule has 0 radical (unpaired) electrons. The fourth-order valence-electron chi connectivity index (χ4n) is 2.82. The SMILES string of the molecule is N#CCc1ccc(NC(=O)Cn2cc(-c3ccn4nc(N)nc4c3)cn2)cc1. The van der Waals surface area contributed by atoms with Crippen molar-refractivity contribution in [1.82, 2.24) is 24.4 Å². The summed E-state index contributed by atoms with van der Waals surface area (Å²) in [6, 6.07) is 13.0. The van der Waals surface area contributed by atoms with Crippen LogP contribution in [-0.4, -0.2) is 30.3 Å². The monoisotopic (exact) mass is 372 g/mol. The summed E-state index contributed by atoms with van der Waals surface area (Å²) in [5.74, 6) is 0.0218. The number of rotatable bonds is 5. The Morgan fingerprint density at radius 1 is 1.21 bits per heavy atom. The number of carbonyl (C=O) groups excluding carboxylic acids is 1. The standard InChI is InChI=1S/C19H16N8O/c20-7-5-13-1-3-16(4-2-13)23-18(28)12-26-11-15(10-22-26)14-6-8-27-17(9-14)24-19(21)25-27/h1-4,6,8-11H,5,12H2,(H2,21,25)(H,23,28). The zero-order chi connectivity index (χ0) is 19.5. The molecule has 9 nitrogen and oxygen atoms in total. The molecular formula is C19H16N8O. The average Bonchev–Trinajstić information content (AvgIpc) is 3.28. The minimum Gasteiger partial charge on any atom is -0.366 e. The number of hydrogen-bond donors (Lipinski definition) is 2. The molecule has 3 N–H and O–H groups in total. The number of amides is 1. The summed E-state index contributed by atoms with van der Waals surface area (Å²) in [5.41, 5.74) is 9.59. The first-order chi connectivity index (χ1) is 13.6. The Kier molecular flexibility index (Phi) is 4.43. The molecule has 4 rings (SSSR count). The number of fused-ring (bicyclic) bond motifs is 1. The lowest BCUT2D eigenvalue weighted by molar-refractivity contribution is -0.116. The molecule has 0 bridgehead atoms. The van der Waals surface area contributed by atoms with E-state index in [0.717, 1.165) is 16.7 Å². The van der Waals surface area contributed by atoms with Crippen molar-refractivity contribution in [2.75, 3.05) is 11.1 Å². The van der Waals surface area contributed by atoms with Gasteiger partial charge in [0.25, 0.3) is 0 Å². The lowest BCUT2D eigenvalue weighted by Crippen LogP contribution is -2.18. The normalized spacial score (nSPS) is 10.7. The Morgan fingerprint density at radius 3 is 2.82 bits per heavy atom. The van der Waals surface area contributed by atoms with Crippen LogP contribution in [0.5, 0.6) is 0 Å². The number of carbonyl (C=O) groups is 1. The third-order valence-corrected chi connectivity index (χ3v) is 4.15. The molecule has 0 spiro atoms. The minimum absolute atomic E-state index is 0.0834. The molecule has 0 aliphatic rings. The molecule has 3 heterocycles. The number of nitrogen functional groups attached to an aromatic ring is 1. The number of nitrogens with zero attached hydrogens (tertiary/aromatic N) is 6. The van der Waals surface area contributed by atoms with Gasteiger partial charge >= 0.3 is 0 Å². The number of anilines is 2. The van der Waals surface area contributed by atoms with Gasteiger partial charge in [-0.15, -0.1) is 5.10 Å². The maximum Gasteiger partial charge on any atom is 0.246 e. The van der Waals surface area contributed by atoms with E-state index in [-0.39, 0.29) is 18.4 Å². The van der Waals surface area contributed by atoms with Crippen molar-refractivity contribution in [2.45, 2.75) is 13.0 Å². The highest BCUT2D eigenvalue weighted by molar-refractivity contribution is 5.90. The van der Waals surface area contributed by atoms with Crippen LogP contribution in [0, 0.1) is 11.3 Å². The molecule has 4 aromatic rings. The van der Waals surface area contributed by atoms with Crippen LogP contribution in [0.2, 0.25) is 0 Å². The smallest absolute Gasteiger partial charge is 0.246 e. The van der Waals surface area contributed by atoms with Crippen molar-refractivity contribution < 1.29 is 4.79 Å². The van der Waals surface area contributed by atoms with Gasteiger partial charge in [0.05, 0.1) is 18.7 Å². The summed E-state index contributed by atoms with van der Waals surface area (Å²) in [6.45, 7) is 0.0834. The molecule has 0 saturated carbocycles. The molecule has 9 heteroatoms. The molecule has 1 amide bonds. The largest absolute Gasteiger partial charge is 0.366 e. The molecule has 0 fully saturated rings. The summed E-state index contributed by atoms with van der Waals surface area (Å²) >= 11 is 0. The maximum atomic E-state index is 12.3. The van der Waals surface area contributed by atoms with Crippen molar-refractivity contribution >= 4 is 23.2 Å². The van der Waals surface area contributed by atoms with Gasteiger partial charge in [0.2, 0.25) is 11.9 Å².